The molecule has 1 aliphatic heterocycles. The lowest BCUT2D eigenvalue weighted by Gasteiger charge is -2.36. The molecule has 1 aliphatic rings. The highest BCUT2D eigenvalue weighted by Gasteiger charge is 2.29. The molecule has 0 aromatic carbocycles. The van der Waals surface area contributed by atoms with Crippen molar-refractivity contribution in [3.8, 4) is 0 Å². The summed E-state index contributed by atoms with van der Waals surface area (Å²) in [5.74, 6) is 1.11. The molecule has 5 nitrogen and oxygen atoms in total. The summed E-state index contributed by atoms with van der Waals surface area (Å²) in [6.07, 6.45) is 2.69. The topological polar surface area (TPSA) is 64.2 Å². The van der Waals surface area contributed by atoms with Crippen LogP contribution in [0.25, 0.3) is 0 Å². The van der Waals surface area contributed by atoms with Crippen LogP contribution in [0, 0.1) is 18.8 Å². The number of carbonyl (C=O) groups is 1. The number of aromatic nitrogens is 2. The Labute approximate surface area is 108 Å². The zero-order valence-electron chi connectivity index (χ0n) is 11.4. The first kappa shape index (κ1) is 13.1. The molecule has 5 heteroatoms. The smallest absolute Gasteiger partial charge is 0.257 e. The van der Waals surface area contributed by atoms with Crippen molar-refractivity contribution in [3.05, 3.63) is 17.5 Å². The van der Waals surface area contributed by atoms with E-state index in [1.165, 1.54) is 0 Å². The van der Waals surface area contributed by atoms with E-state index in [1.54, 1.807) is 10.9 Å². The van der Waals surface area contributed by atoms with Crippen molar-refractivity contribution in [1.29, 1.82) is 0 Å². The number of aryl methyl sites for hydroxylation is 1. The Morgan fingerprint density at radius 3 is 2.89 bits per heavy atom. The second-order valence-corrected chi connectivity index (χ2v) is 5.28. The Bertz CT molecular complexity index is 440. The van der Waals surface area contributed by atoms with Gasteiger partial charge in [-0.15, -0.1) is 0 Å². The average molecular weight is 250 g/mol. The standard InChI is InChI=1S/C13H22N4O/c1-9-4-5-17(8-11(9)6-14)13(18)12-7-15-16(3)10(12)2/h7,9,11H,4-6,8,14H2,1-3H3. The van der Waals surface area contributed by atoms with Crippen LogP contribution in [0.5, 0.6) is 0 Å². The molecule has 1 amide bonds. The lowest BCUT2D eigenvalue weighted by Crippen LogP contribution is -2.45. The highest BCUT2D eigenvalue weighted by atomic mass is 16.2. The van der Waals surface area contributed by atoms with E-state index in [-0.39, 0.29) is 5.91 Å². The first-order valence-electron chi connectivity index (χ1n) is 6.52. The second kappa shape index (κ2) is 5.10. The Balaban J connectivity index is 2.12. The van der Waals surface area contributed by atoms with E-state index in [0.717, 1.165) is 25.2 Å². The summed E-state index contributed by atoms with van der Waals surface area (Å²) in [4.78, 5) is 14.4. The highest BCUT2D eigenvalue weighted by Crippen LogP contribution is 2.24. The Morgan fingerprint density at radius 2 is 2.33 bits per heavy atom. The van der Waals surface area contributed by atoms with Gasteiger partial charge in [0.1, 0.15) is 0 Å². The van der Waals surface area contributed by atoms with E-state index < -0.39 is 0 Å². The number of piperidine rings is 1. The van der Waals surface area contributed by atoms with Crippen LogP contribution in [-0.2, 0) is 7.05 Å². The maximum Gasteiger partial charge on any atom is 0.257 e. The van der Waals surface area contributed by atoms with Crippen molar-refractivity contribution >= 4 is 5.91 Å². The Hall–Kier alpha value is -1.36. The number of hydrogen-bond acceptors (Lipinski definition) is 3. The molecule has 1 aromatic rings. The van der Waals surface area contributed by atoms with Gasteiger partial charge >= 0.3 is 0 Å². The van der Waals surface area contributed by atoms with Gasteiger partial charge in [-0.05, 0) is 31.7 Å². The molecule has 0 bridgehead atoms. The molecule has 0 radical (unpaired) electrons. The predicted octanol–water partition coefficient (Wildman–Crippen LogP) is 0.785. The van der Waals surface area contributed by atoms with Gasteiger partial charge in [0, 0.05) is 25.8 Å². The fourth-order valence-corrected chi connectivity index (χ4v) is 2.52. The SMILES string of the molecule is Cc1c(C(=O)N2CCC(C)C(CN)C2)cnn1C. The highest BCUT2D eigenvalue weighted by molar-refractivity contribution is 5.95. The van der Waals surface area contributed by atoms with E-state index in [9.17, 15) is 4.79 Å². The lowest BCUT2D eigenvalue weighted by molar-refractivity contribution is 0.0617. The fraction of sp³-hybridized carbons (Fsp3) is 0.692. The molecule has 2 atom stereocenters. The van der Waals surface area contributed by atoms with Crippen molar-refractivity contribution in [2.45, 2.75) is 20.3 Å². The molecule has 0 spiro atoms. The van der Waals surface area contributed by atoms with Crippen LogP contribution in [0.15, 0.2) is 6.20 Å². The van der Waals surface area contributed by atoms with Gasteiger partial charge in [0.15, 0.2) is 0 Å². The maximum absolute atomic E-state index is 12.4. The van der Waals surface area contributed by atoms with Crippen LogP contribution in [-0.4, -0.2) is 40.2 Å². The molecule has 0 aliphatic carbocycles. The number of nitrogens with two attached hydrogens (primary N) is 1. The van der Waals surface area contributed by atoms with Crippen molar-refractivity contribution in [2.24, 2.45) is 24.6 Å². The van der Waals surface area contributed by atoms with Crippen LogP contribution >= 0.6 is 0 Å². The first-order chi connectivity index (χ1) is 8.54. The van der Waals surface area contributed by atoms with E-state index in [4.69, 9.17) is 5.73 Å². The van der Waals surface area contributed by atoms with E-state index >= 15 is 0 Å². The summed E-state index contributed by atoms with van der Waals surface area (Å²) < 4.78 is 1.74. The molecular formula is C13H22N4O. The molecule has 2 rings (SSSR count). The van der Waals surface area contributed by atoms with Crippen molar-refractivity contribution in [2.75, 3.05) is 19.6 Å². The number of rotatable bonds is 2. The van der Waals surface area contributed by atoms with Crippen LogP contribution < -0.4 is 5.73 Å². The minimum atomic E-state index is 0.0888. The summed E-state index contributed by atoms with van der Waals surface area (Å²) in [7, 11) is 1.85. The van der Waals surface area contributed by atoms with E-state index in [1.807, 2.05) is 18.9 Å². The molecule has 2 N–H and O–H groups in total. The fourth-order valence-electron chi connectivity index (χ4n) is 2.52. The summed E-state index contributed by atoms with van der Waals surface area (Å²) in [6, 6.07) is 0. The third kappa shape index (κ3) is 2.27. The Kier molecular flexibility index (Phi) is 3.71. The molecule has 2 unspecified atom stereocenters. The van der Waals surface area contributed by atoms with Crippen molar-refractivity contribution in [3.63, 3.8) is 0 Å². The molecule has 1 saturated heterocycles. The third-order valence-corrected chi connectivity index (χ3v) is 4.17. The summed E-state index contributed by atoms with van der Waals surface area (Å²) >= 11 is 0. The van der Waals surface area contributed by atoms with Crippen molar-refractivity contribution in [1.82, 2.24) is 14.7 Å². The Morgan fingerprint density at radius 1 is 1.61 bits per heavy atom. The van der Waals surface area contributed by atoms with Gasteiger partial charge in [-0.3, -0.25) is 9.48 Å². The van der Waals surface area contributed by atoms with E-state index in [2.05, 4.69) is 12.0 Å². The average Bonchev–Trinajstić information content (AvgIpc) is 2.70. The second-order valence-electron chi connectivity index (χ2n) is 5.28. The number of nitrogens with zero attached hydrogens (tertiary/aromatic N) is 3. The minimum Gasteiger partial charge on any atom is -0.338 e. The van der Waals surface area contributed by atoms with Gasteiger partial charge in [-0.1, -0.05) is 6.92 Å². The van der Waals surface area contributed by atoms with E-state index in [0.29, 0.717) is 23.9 Å². The van der Waals surface area contributed by atoms with Gasteiger partial charge in [-0.2, -0.15) is 5.10 Å². The van der Waals surface area contributed by atoms with Crippen LogP contribution in [0.2, 0.25) is 0 Å². The zero-order valence-corrected chi connectivity index (χ0v) is 11.4. The molecule has 18 heavy (non-hydrogen) atoms. The van der Waals surface area contributed by atoms with Crippen molar-refractivity contribution < 1.29 is 4.79 Å². The van der Waals surface area contributed by atoms with Crippen LogP contribution in [0.1, 0.15) is 29.4 Å². The lowest BCUT2D eigenvalue weighted by atomic mass is 9.87. The van der Waals surface area contributed by atoms with Crippen LogP contribution in [0.3, 0.4) is 0 Å². The molecule has 100 valence electrons. The summed E-state index contributed by atoms with van der Waals surface area (Å²) in [5, 5.41) is 4.13. The maximum atomic E-state index is 12.4. The summed E-state index contributed by atoms with van der Waals surface area (Å²) in [6.45, 7) is 6.38. The minimum absolute atomic E-state index is 0.0888. The monoisotopic (exact) mass is 250 g/mol. The molecule has 1 aromatic heterocycles. The number of amides is 1. The molecule has 1 fully saturated rings. The number of likely N-dealkylation sites (tertiary alicyclic amines) is 1. The molecular weight excluding hydrogens is 228 g/mol. The quantitative estimate of drug-likeness (QED) is 0.844. The summed E-state index contributed by atoms with van der Waals surface area (Å²) in [5.41, 5.74) is 7.40. The van der Waals surface area contributed by atoms with Gasteiger partial charge in [-0.25, -0.2) is 0 Å². The van der Waals surface area contributed by atoms with Gasteiger partial charge in [0.2, 0.25) is 0 Å². The van der Waals surface area contributed by atoms with Gasteiger partial charge in [0.05, 0.1) is 11.8 Å². The zero-order chi connectivity index (χ0) is 13.3. The molecule has 2 heterocycles. The number of hydrogen-bond donors (Lipinski definition) is 1. The first-order valence-corrected chi connectivity index (χ1v) is 6.52. The predicted molar refractivity (Wildman–Crippen MR) is 70.2 cm³/mol. The normalized spacial score (nSPS) is 24.3. The van der Waals surface area contributed by atoms with Gasteiger partial charge < -0.3 is 10.6 Å². The third-order valence-electron chi connectivity index (χ3n) is 4.17. The molecule has 0 saturated carbocycles. The van der Waals surface area contributed by atoms with Crippen LogP contribution in [0.4, 0.5) is 0 Å². The number of carbonyl (C=O) groups excluding carboxylic acids is 1. The van der Waals surface area contributed by atoms with Gasteiger partial charge in [0.25, 0.3) is 5.91 Å². The largest absolute Gasteiger partial charge is 0.338 e.